The van der Waals surface area contributed by atoms with Crippen LogP contribution in [0.2, 0.25) is 0 Å². The lowest BCUT2D eigenvalue weighted by Gasteiger charge is -2.28. The van der Waals surface area contributed by atoms with Gasteiger partial charge in [-0.2, -0.15) is 0 Å². The quantitative estimate of drug-likeness (QED) is 0.661. The number of hydrogen-bond donors (Lipinski definition) is 1. The van der Waals surface area contributed by atoms with Crippen LogP contribution >= 0.6 is 0 Å². The molecule has 0 aromatic carbocycles. The monoisotopic (exact) mass is 187 g/mol. The summed E-state index contributed by atoms with van der Waals surface area (Å²) in [7, 11) is 0. The number of hydrogen-bond acceptors (Lipinski definition) is 4. The van der Waals surface area contributed by atoms with Gasteiger partial charge < -0.3 is 15.2 Å². The van der Waals surface area contributed by atoms with Crippen LogP contribution in [0.25, 0.3) is 0 Å². The zero-order valence-corrected chi connectivity index (χ0v) is 8.53. The summed E-state index contributed by atoms with van der Waals surface area (Å²) >= 11 is 0. The Balaban J connectivity index is 2.75. The molecule has 4 heteroatoms. The average Bonchev–Trinajstić information content (AvgIpc) is 2.22. The van der Waals surface area contributed by atoms with E-state index in [1.54, 1.807) is 0 Å². The molecule has 1 rings (SSSR count). The lowest BCUT2D eigenvalue weighted by Crippen LogP contribution is -2.44. The third-order valence-electron chi connectivity index (χ3n) is 2.56. The Labute approximate surface area is 78.4 Å². The Morgan fingerprint density at radius 1 is 1.46 bits per heavy atom. The summed E-state index contributed by atoms with van der Waals surface area (Å²) in [4.78, 5) is 10.9. The van der Waals surface area contributed by atoms with Crippen LogP contribution in [0.5, 0.6) is 0 Å². The summed E-state index contributed by atoms with van der Waals surface area (Å²) < 4.78 is 10.1. The molecule has 0 amide bonds. The molecule has 0 spiro atoms. The number of nitrogens with two attached hydrogens (primary N) is 1. The van der Waals surface area contributed by atoms with Crippen LogP contribution in [0.15, 0.2) is 0 Å². The van der Waals surface area contributed by atoms with E-state index in [-0.39, 0.29) is 18.1 Å². The molecular formula is C9H17NO3. The molecule has 1 saturated heterocycles. The molecule has 0 bridgehead atoms. The van der Waals surface area contributed by atoms with Crippen molar-refractivity contribution >= 4 is 6.16 Å². The third-order valence-corrected chi connectivity index (χ3v) is 2.56. The average molecular weight is 187 g/mol. The second-order valence-corrected chi connectivity index (χ2v) is 4.21. The van der Waals surface area contributed by atoms with E-state index >= 15 is 0 Å². The van der Waals surface area contributed by atoms with E-state index in [1.807, 2.05) is 27.7 Å². The first-order chi connectivity index (χ1) is 5.84. The van der Waals surface area contributed by atoms with Crippen LogP contribution in [-0.4, -0.2) is 23.9 Å². The number of rotatable bonds is 2. The molecule has 1 aliphatic rings. The van der Waals surface area contributed by atoms with Crippen molar-refractivity contribution < 1.29 is 14.3 Å². The zero-order chi connectivity index (χ0) is 10.2. The Hall–Kier alpha value is -0.770. The fraction of sp³-hybridized carbons (Fsp3) is 0.889. The maximum absolute atomic E-state index is 10.9. The first-order valence-electron chi connectivity index (χ1n) is 4.50. The van der Waals surface area contributed by atoms with Crippen LogP contribution in [0.1, 0.15) is 27.7 Å². The van der Waals surface area contributed by atoms with Gasteiger partial charge in [-0.05, 0) is 20.8 Å². The first kappa shape index (κ1) is 10.3. The maximum atomic E-state index is 10.9. The van der Waals surface area contributed by atoms with Crippen molar-refractivity contribution in [1.29, 1.82) is 0 Å². The number of carbonyl (C=O) groups is 1. The van der Waals surface area contributed by atoms with Gasteiger partial charge in [0.25, 0.3) is 0 Å². The SMILES string of the molecule is C[C@@H]([C@H](C)N)[C@H]1OC(=O)OC1(C)C. The second kappa shape index (κ2) is 3.18. The minimum Gasteiger partial charge on any atom is -0.426 e. The van der Waals surface area contributed by atoms with Crippen LogP contribution < -0.4 is 5.73 Å². The first-order valence-corrected chi connectivity index (χ1v) is 4.50. The molecule has 3 atom stereocenters. The van der Waals surface area contributed by atoms with Crippen molar-refractivity contribution in [1.82, 2.24) is 0 Å². The van der Waals surface area contributed by atoms with E-state index in [9.17, 15) is 4.79 Å². The van der Waals surface area contributed by atoms with Gasteiger partial charge in [0.05, 0.1) is 0 Å². The lowest BCUT2D eigenvalue weighted by atomic mass is 9.87. The normalized spacial score (nSPS) is 30.5. The predicted molar refractivity (Wildman–Crippen MR) is 48.2 cm³/mol. The molecule has 0 saturated carbocycles. The molecule has 1 heterocycles. The molecular weight excluding hydrogens is 170 g/mol. The maximum Gasteiger partial charge on any atom is 0.509 e. The van der Waals surface area contributed by atoms with E-state index in [2.05, 4.69) is 0 Å². The second-order valence-electron chi connectivity index (χ2n) is 4.21. The van der Waals surface area contributed by atoms with Crippen molar-refractivity contribution in [3.8, 4) is 0 Å². The summed E-state index contributed by atoms with van der Waals surface area (Å²) in [5.41, 5.74) is 5.17. The smallest absolute Gasteiger partial charge is 0.426 e. The number of cyclic esters (lactones) is 2. The summed E-state index contributed by atoms with van der Waals surface area (Å²) in [5, 5.41) is 0. The third kappa shape index (κ3) is 1.94. The molecule has 1 fully saturated rings. The molecule has 13 heavy (non-hydrogen) atoms. The lowest BCUT2D eigenvalue weighted by molar-refractivity contribution is 0.0319. The van der Waals surface area contributed by atoms with Crippen molar-refractivity contribution in [3.63, 3.8) is 0 Å². The highest BCUT2D eigenvalue weighted by atomic mass is 16.8. The molecule has 0 unspecified atom stereocenters. The van der Waals surface area contributed by atoms with Crippen molar-refractivity contribution in [2.24, 2.45) is 11.7 Å². The molecule has 0 aromatic rings. The topological polar surface area (TPSA) is 61.5 Å². The molecule has 0 aliphatic carbocycles. The molecule has 2 N–H and O–H groups in total. The Morgan fingerprint density at radius 2 is 2.00 bits per heavy atom. The number of carbonyl (C=O) groups excluding carboxylic acids is 1. The zero-order valence-electron chi connectivity index (χ0n) is 8.53. The van der Waals surface area contributed by atoms with Crippen molar-refractivity contribution in [2.45, 2.75) is 45.4 Å². The standard InChI is InChI=1S/C9H17NO3/c1-5(6(2)10)7-9(3,4)13-8(11)12-7/h5-7H,10H2,1-4H3/t5-,6-,7+/m0/s1. The summed E-state index contributed by atoms with van der Waals surface area (Å²) in [5.74, 6) is 0.0986. The van der Waals surface area contributed by atoms with Gasteiger partial charge in [0.15, 0.2) is 0 Å². The summed E-state index contributed by atoms with van der Waals surface area (Å²) in [6.45, 7) is 7.52. The van der Waals surface area contributed by atoms with Crippen LogP contribution in [0, 0.1) is 5.92 Å². The number of ether oxygens (including phenoxy) is 2. The van der Waals surface area contributed by atoms with E-state index in [1.165, 1.54) is 0 Å². The fourth-order valence-corrected chi connectivity index (χ4v) is 1.56. The van der Waals surface area contributed by atoms with Crippen LogP contribution in [-0.2, 0) is 9.47 Å². The molecule has 0 aromatic heterocycles. The summed E-state index contributed by atoms with van der Waals surface area (Å²) in [6, 6.07) is -0.0150. The summed E-state index contributed by atoms with van der Waals surface area (Å²) in [6.07, 6.45) is -0.845. The van der Waals surface area contributed by atoms with Gasteiger partial charge in [-0.1, -0.05) is 6.92 Å². The van der Waals surface area contributed by atoms with Gasteiger partial charge in [-0.3, -0.25) is 0 Å². The van der Waals surface area contributed by atoms with Gasteiger partial charge in [-0.25, -0.2) is 4.79 Å². The highest BCUT2D eigenvalue weighted by Crippen LogP contribution is 2.32. The van der Waals surface area contributed by atoms with E-state index in [4.69, 9.17) is 15.2 Å². The minimum absolute atomic E-state index is 0.0150. The van der Waals surface area contributed by atoms with Gasteiger partial charge in [0.1, 0.15) is 11.7 Å². The van der Waals surface area contributed by atoms with Crippen LogP contribution in [0.3, 0.4) is 0 Å². The fourth-order valence-electron chi connectivity index (χ4n) is 1.56. The van der Waals surface area contributed by atoms with E-state index in [0.717, 1.165) is 0 Å². The van der Waals surface area contributed by atoms with Gasteiger partial charge in [0.2, 0.25) is 0 Å². The Kier molecular flexibility index (Phi) is 2.52. The van der Waals surface area contributed by atoms with Crippen molar-refractivity contribution in [2.75, 3.05) is 0 Å². The van der Waals surface area contributed by atoms with E-state index < -0.39 is 11.8 Å². The largest absolute Gasteiger partial charge is 0.509 e. The molecule has 1 aliphatic heterocycles. The minimum atomic E-state index is -0.595. The molecule has 76 valence electrons. The van der Waals surface area contributed by atoms with Crippen molar-refractivity contribution in [3.05, 3.63) is 0 Å². The van der Waals surface area contributed by atoms with Gasteiger partial charge in [0, 0.05) is 12.0 Å². The van der Waals surface area contributed by atoms with Gasteiger partial charge in [-0.15, -0.1) is 0 Å². The molecule has 4 nitrogen and oxygen atoms in total. The Bertz CT molecular complexity index is 213. The van der Waals surface area contributed by atoms with Crippen LogP contribution in [0.4, 0.5) is 4.79 Å². The Morgan fingerprint density at radius 3 is 2.31 bits per heavy atom. The van der Waals surface area contributed by atoms with Gasteiger partial charge >= 0.3 is 6.16 Å². The highest BCUT2D eigenvalue weighted by molar-refractivity contribution is 5.63. The predicted octanol–water partition coefficient (Wildman–Crippen LogP) is 1.28. The highest BCUT2D eigenvalue weighted by Gasteiger charge is 2.47. The van der Waals surface area contributed by atoms with E-state index in [0.29, 0.717) is 0 Å². The molecule has 0 radical (unpaired) electrons.